The van der Waals surface area contributed by atoms with E-state index in [1.54, 1.807) is 0 Å². The van der Waals surface area contributed by atoms with E-state index in [4.69, 9.17) is 4.43 Å². The predicted molar refractivity (Wildman–Crippen MR) is 46.4 cm³/mol. The second kappa shape index (κ2) is 3.71. The molecule has 0 atom stereocenters. The predicted octanol–water partition coefficient (Wildman–Crippen LogP) is 2.10. The van der Waals surface area contributed by atoms with Crippen LogP contribution in [0.1, 0.15) is 26.7 Å². The Bertz CT molecular complexity index is 152. The van der Waals surface area contributed by atoms with Crippen LogP contribution in [0.3, 0.4) is 0 Å². The van der Waals surface area contributed by atoms with Crippen molar-refractivity contribution in [1.29, 1.82) is 0 Å². The molecule has 10 heavy (non-hydrogen) atoms. The smallest absolute Gasteiger partial charge is 0.235 e. The summed E-state index contributed by atoms with van der Waals surface area (Å²) in [5.41, 5.74) is 2.23. The van der Waals surface area contributed by atoms with Crippen LogP contribution in [0.5, 0.6) is 0 Å². The minimum Gasteiger partial charge on any atom is -0.521 e. The van der Waals surface area contributed by atoms with E-state index in [2.05, 4.69) is 25.6 Å². The second-order valence-electron chi connectivity index (χ2n) is 2.47. The Labute approximate surface area is 64.1 Å². The third-order valence-electron chi connectivity index (χ3n) is 1.75. The van der Waals surface area contributed by atoms with Gasteiger partial charge in [0, 0.05) is 6.42 Å². The molecule has 1 rings (SSSR count). The van der Waals surface area contributed by atoms with Crippen molar-refractivity contribution in [2.75, 3.05) is 0 Å². The van der Waals surface area contributed by atoms with Crippen molar-refractivity contribution in [2.45, 2.75) is 32.7 Å². The zero-order valence-electron chi connectivity index (χ0n) is 6.68. The lowest BCUT2D eigenvalue weighted by atomic mass is 10.3. The molecule has 1 nitrogen and oxygen atoms in total. The van der Waals surface area contributed by atoms with E-state index in [-0.39, 0.29) is 0 Å². The highest BCUT2D eigenvalue weighted by atomic mass is 28.3. The van der Waals surface area contributed by atoms with Gasteiger partial charge in [0.05, 0.1) is 5.76 Å². The first-order valence-electron chi connectivity index (χ1n) is 3.85. The van der Waals surface area contributed by atoms with Crippen molar-refractivity contribution < 1.29 is 4.43 Å². The van der Waals surface area contributed by atoms with E-state index in [1.165, 1.54) is 18.2 Å². The fourth-order valence-electron chi connectivity index (χ4n) is 1.11. The van der Waals surface area contributed by atoms with Gasteiger partial charge in [-0.1, -0.05) is 11.7 Å². The van der Waals surface area contributed by atoms with Gasteiger partial charge in [0.15, 0.2) is 0 Å². The number of allylic oxidation sites excluding steroid dienone is 2. The molecule has 2 heteroatoms. The lowest BCUT2D eigenvalue weighted by Crippen LogP contribution is -2.14. The normalized spacial score (nSPS) is 27.0. The number of hydrogen-bond donors (Lipinski definition) is 0. The molecule has 56 valence electrons. The van der Waals surface area contributed by atoms with Crippen molar-refractivity contribution in [2.24, 2.45) is 0 Å². The first-order chi connectivity index (χ1) is 4.86. The Morgan fingerprint density at radius 2 is 2.30 bits per heavy atom. The Morgan fingerprint density at radius 3 is 2.90 bits per heavy atom. The lowest BCUT2D eigenvalue weighted by molar-refractivity contribution is 0.395. The molecule has 0 spiro atoms. The monoisotopic (exact) mass is 154 g/mol. The number of hydrogen-bond acceptors (Lipinski definition) is 1. The maximum atomic E-state index is 5.69. The van der Waals surface area contributed by atoms with E-state index in [1.807, 2.05) is 0 Å². The maximum absolute atomic E-state index is 5.69. The van der Waals surface area contributed by atoms with E-state index < -0.39 is 8.65 Å². The van der Waals surface area contributed by atoms with Gasteiger partial charge in [-0.2, -0.15) is 0 Å². The summed E-state index contributed by atoms with van der Waals surface area (Å²) < 4.78 is 5.69. The Balaban J connectivity index is 2.56. The van der Waals surface area contributed by atoms with Crippen LogP contribution in [0.15, 0.2) is 11.8 Å². The van der Waals surface area contributed by atoms with Gasteiger partial charge in [0.1, 0.15) is 0 Å². The molecule has 0 radical (unpaired) electrons. The van der Waals surface area contributed by atoms with Gasteiger partial charge in [-0.25, -0.2) is 0 Å². The first-order valence-corrected chi connectivity index (χ1v) is 5.54. The molecule has 1 fully saturated rings. The highest BCUT2D eigenvalue weighted by molar-refractivity contribution is 6.60. The standard InChI is InChI=1S/C8H14OSi/c1-3-8-6-5-7-10(4-2)9-8/h3-4H,5-7H2,1-2H3. The Kier molecular flexibility index (Phi) is 2.87. The van der Waals surface area contributed by atoms with Crippen LogP contribution < -0.4 is 0 Å². The van der Waals surface area contributed by atoms with Crippen molar-refractivity contribution in [3.63, 3.8) is 0 Å². The zero-order valence-corrected chi connectivity index (χ0v) is 7.68. The maximum Gasteiger partial charge on any atom is 0.235 e. The van der Waals surface area contributed by atoms with Crippen LogP contribution in [0.4, 0.5) is 0 Å². The molecule has 0 amide bonds. The average Bonchev–Trinajstić information content (AvgIpc) is 2.05. The third kappa shape index (κ3) is 1.80. The van der Waals surface area contributed by atoms with E-state index in [0.29, 0.717) is 0 Å². The second-order valence-corrected chi connectivity index (χ2v) is 4.68. The van der Waals surface area contributed by atoms with Crippen LogP contribution in [-0.4, -0.2) is 14.3 Å². The van der Waals surface area contributed by atoms with E-state index in [9.17, 15) is 0 Å². The molecular formula is C8H14OSi. The Morgan fingerprint density at radius 1 is 1.50 bits per heavy atom. The van der Waals surface area contributed by atoms with Gasteiger partial charge in [-0.05, 0) is 26.3 Å². The van der Waals surface area contributed by atoms with Crippen LogP contribution in [0.25, 0.3) is 0 Å². The molecule has 1 aliphatic rings. The van der Waals surface area contributed by atoms with Crippen LogP contribution >= 0.6 is 0 Å². The van der Waals surface area contributed by atoms with Gasteiger partial charge < -0.3 is 4.43 Å². The molecule has 0 aromatic rings. The quantitative estimate of drug-likeness (QED) is 0.485. The van der Waals surface area contributed by atoms with Gasteiger partial charge in [-0.3, -0.25) is 0 Å². The molecule has 0 aromatic carbocycles. The molecular weight excluding hydrogens is 140 g/mol. The zero-order chi connectivity index (χ0) is 7.40. The molecule has 0 N–H and O–H groups in total. The van der Waals surface area contributed by atoms with Gasteiger partial charge in [0.2, 0.25) is 8.65 Å². The minimum absolute atomic E-state index is 0.541. The van der Waals surface area contributed by atoms with Gasteiger partial charge in [-0.15, -0.1) is 0 Å². The topological polar surface area (TPSA) is 9.23 Å². The SMILES string of the molecule is CC=C1CCC[Si](=CC)O1. The summed E-state index contributed by atoms with van der Waals surface area (Å²) in [5, 5.41) is 0. The molecule has 0 saturated carbocycles. The summed E-state index contributed by atoms with van der Waals surface area (Å²) in [5.74, 6) is 1.21. The average molecular weight is 154 g/mol. The van der Waals surface area contributed by atoms with Gasteiger partial charge in [0.25, 0.3) is 0 Å². The minimum atomic E-state index is -0.541. The fraction of sp³-hybridized carbons (Fsp3) is 0.625. The summed E-state index contributed by atoms with van der Waals surface area (Å²) in [6.07, 6.45) is 4.56. The highest BCUT2D eigenvalue weighted by Crippen LogP contribution is 2.16. The first kappa shape index (κ1) is 7.73. The summed E-state index contributed by atoms with van der Waals surface area (Å²) in [7, 11) is -0.541. The van der Waals surface area contributed by atoms with Crippen molar-refractivity contribution in [1.82, 2.24) is 0 Å². The molecule has 0 aromatic heterocycles. The Hall–Kier alpha value is -0.373. The van der Waals surface area contributed by atoms with Crippen LogP contribution in [-0.2, 0) is 4.43 Å². The summed E-state index contributed by atoms with van der Waals surface area (Å²) in [6, 6.07) is 1.29. The molecule has 0 aliphatic carbocycles. The summed E-state index contributed by atoms with van der Waals surface area (Å²) >= 11 is 0. The van der Waals surface area contributed by atoms with Gasteiger partial charge >= 0.3 is 0 Å². The highest BCUT2D eigenvalue weighted by Gasteiger charge is 2.10. The molecule has 1 heterocycles. The van der Waals surface area contributed by atoms with Crippen molar-refractivity contribution in [3.05, 3.63) is 11.8 Å². The molecule has 0 unspecified atom stereocenters. The molecule has 1 aliphatic heterocycles. The largest absolute Gasteiger partial charge is 0.521 e. The van der Waals surface area contributed by atoms with Crippen molar-refractivity contribution in [3.8, 4) is 0 Å². The van der Waals surface area contributed by atoms with Crippen LogP contribution in [0, 0.1) is 0 Å². The number of rotatable bonds is 0. The third-order valence-corrected chi connectivity index (χ3v) is 3.77. The van der Waals surface area contributed by atoms with E-state index >= 15 is 0 Å². The summed E-state index contributed by atoms with van der Waals surface area (Å²) in [6.45, 7) is 4.16. The summed E-state index contributed by atoms with van der Waals surface area (Å²) in [4.78, 5) is 0. The molecule has 1 saturated heterocycles. The van der Waals surface area contributed by atoms with Crippen LogP contribution in [0.2, 0.25) is 6.04 Å². The fourth-order valence-corrected chi connectivity index (χ4v) is 2.70. The van der Waals surface area contributed by atoms with Crippen molar-refractivity contribution >= 4 is 14.3 Å². The van der Waals surface area contributed by atoms with E-state index in [0.717, 1.165) is 6.42 Å². The lowest BCUT2D eigenvalue weighted by Gasteiger charge is -2.17. The molecule has 0 bridgehead atoms.